The van der Waals surface area contributed by atoms with Crippen LogP contribution in [0.4, 0.5) is 0 Å². The van der Waals surface area contributed by atoms with Crippen molar-refractivity contribution in [2.45, 2.75) is 89.5 Å². The van der Waals surface area contributed by atoms with Gasteiger partial charge >= 0.3 is 0 Å². The van der Waals surface area contributed by atoms with Crippen LogP contribution in [0.3, 0.4) is 0 Å². The first-order chi connectivity index (χ1) is 13.4. The molecule has 1 nitrogen and oxygen atoms in total. The third kappa shape index (κ3) is 2.62. The van der Waals surface area contributed by atoms with Crippen molar-refractivity contribution in [3.63, 3.8) is 0 Å². The van der Waals surface area contributed by atoms with Crippen LogP contribution in [0.25, 0.3) is 5.57 Å². The zero-order chi connectivity index (χ0) is 20.9. The van der Waals surface area contributed by atoms with Gasteiger partial charge in [-0.05, 0) is 95.8 Å². The van der Waals surface area contributed by atoms with E-state index in [0.29, 0.717) is 17.9 Å². The van der Waals surface area contributed by atoms with Crippen LogP contribution in [-0.2, 0) is 16.2 Å². The van der Waals surface area contributed by atoms with Gasteiger partial charge in [0.1, 0.15) is 0 Å². The Kier molecular flexibility index (Phi) is 3.97. The van der Waals surface area contributed by atoms with Gasteiger partial charge in [0, 0.05) is 11.5 Å². The van der Waals surface area contributed by atoms with E-state index in [9.17, 15) is 0 Å². The quantitative estimate of drug-likeness (QED) is 0.522. The molecule has 5 rings (SSSR count). The van der Waals surface area contributed by atoms with Crippen molar-refractivity contribution in [3.8, 4) is 0 Å². The summed E-state index contributed by atoms with van der Waals surface area (Å²) >= 11 is 0. The second kappa shape index (κ2) is 5.88. The van der Waals surface area contributed by atoms with Crippen molar-refractivity contribution in [3.05, 3.63) is 52.1 Å². The van der Waals surface area contributed by atoms with Gasteiger partial charge in [-0.3, -0.25) is 0 Å². The molecule has 4 aliphatic carbocycles. The Labute approximate surface area is 178 Å². The first-order valence-electron chi connectivity index (χ1n) is 11.7. The second-order valence-electron chi connectivity index (χ2n) is 12.3. The molecule has 0 saturated heterocycles. The van der Waals surface area contributed by atoms with Gasteiger partial charge in [-0.15, -0.1) is 0 Å². The number of fused-ring (bicyclic) bond motifs is 5. The molecular weight excluding hydrogens is 350 g/mol. The molecule has 0 spiro atoms. The summed E-state index contributed by atoms with van der Waals surface area (Å²) in [5, 5.41) is 0. The zero-order valence-electron chi connectivity index (χ0n) is 19.8. The molecule has 0 N–H and O–H groups in total. The third-order valence-electron chi connectivity index (χ3n) is 9.06. The van der Waals surface area contributed by atoms with Gasteiger partial charge in [-0.25, -0.2) is 0 Å². The minimum atomic E-state index is 0.109. The SMILES string of the molecule is CN(C)C1CCC2C=C3C(=CC21)C(C)(C)c1cc2c(cc13)C(C)(C)CCC2(C)C. The summed E-state index contributed by atoms with van der Waals surface area (Å²) in [7, 11) is 4.52. The van der Waals surface area contributed by atoms with Crippen molar-refractivity contribution >= 4 is 5.57 Å². The summed E-state index contributed by atoms with van der Waals surface area (Å²) in [6, 6.07) is 5.92. The molecule has 0 amide bonds. The van der Waals surface area contributed by atoms with E-state index in [4.69, 9.17) is 0 Å². The molecule has 0 aromatic heterocycles. The molecule has 1 saturated carbocycles. The summed E-state index contributed by atoms with van der Waals surface area (Å²) in [6.07, 6.45) is 10.6. The van der Waals surface area contributed by atoms with Crippen molar-refractivity contribution < 1.29 is 0 Å². The van der Waals surface area contributed by atoms with E-state index in [-0.39, 0.29) is 16.2 Å². The van der Waals surface area contributed by atoms with E-state index < -0.39 is 0 Å². The number of rotatable bonds is 1. The average Bonchev–Trinajstić information content (AvgIpc) is 3.15. The predicted molar refractivity (Wildman–Crippen MR) is 125 cm³/mol. The number of nitrogens with zero attached hydrogens (tertiary/aromatic N) is 1. The van der Waals surface area contributed by atoms with E-state index in [0.717, 1.165) is 0 Å². The Balaban J connectivity index is 1.70. The Bertz CT molecular complexity index is 937. The van der Waals surface area contributed by atoms with Gasteiger partial charge in [-0.1, -0.05) is 65.8 Å². The van der Waals surface area contributed by atoms with Crippen LogP contribution in [0.2, 0.25) is 0 Å². The zero-order valence-corrected chi connectivity index (χ0v) is 19.8. The second-order valence-corrected chi connectivity index (χ2v) is 12.3. The third-order valence-corrected chi connectivity index (χ3v) is 9.06. The average molecular weight is 390 g/mol. The molecule has 4 aliphatic rings. The molecule has 1 aromatic carbocycles. The van der Waals surface area contributed by atoms with Gasteiger partial charge in [0.2, 0.25) is 0 Å². The topological polar surface area (TPSA) is 3.24 Å². The van der Waals surface area contributed by atoms with Crippen LogP contribution in [0, 0.1) is 11.8 Å². The fraction of sp³-hybridized carbons (Fsp3) is 0.643. The fourth-order valence-corrected chi connectivity index (χ4v) is 6.93. The lowest BCUT2D eigenvalue weighted by molar-refractivity contribution is 0.253. The number of hydrogen-bond acceptors (Lipinski definition) is 1. The number of benzene rings is 1. The van der Waals surface area contributed by atoms with E-state index in [1.54, 1.807) is 27.8 Å². The summed E-state index contributed by atoms with van der Waals surface area (Å²) in [4.78, 5) is 2.46. The molecule has 3 atom stereocenters. The number of hydrogen-bond donors (Lipinski definition) is 0. The summed E-state index contributed by atoms with van der Waals surface area (Å²) in [5.41, 5.74) is 10.1. The molecule has 156 valence electrons. The van der Waals surface area contributed by atoms with E-state index in [1.165, 1.54) is 31.2 Å². The molecule has 1 aromatic rings. The van der Waals surface area contributed by atoms with E-state index in [2.05, 4.69) is 84.8 Å². The molecule has 0 aliphatic heterocycles. The Morgan fingerprint density at radius 2 is 1.41 bits per heavy atom. The smallest absolute Gasteiger partial charge is 0.0158 e. The van der Waals surface area contributed by atoms with Gasteiger partial charge < -0.3 is 4.90 Å². The summed E-state index contributed by atoms with van der Waals surface area (Å²) in [6.45, 7) is 14.7. The van der Waals surface area contributed by atoms with Crippen molar-refractivity contribution in [2.75, 3.05) is 14.1 Å². The minimum absolute atomic E-state index is 0.109. The molecule has 29 heavy (non-hydrogen) atoms. The van der Waals surface area contributed by atoms with Crippen LogP contribution < -0.4 is 0 Å². The van der Waals surface area contributed by atoms with Crippen LogP contribution in [0.5, 0.6) is 0 Å². The predicted octanol–water partition coefficient (Wildman–Crippen LogP) is 6.61. The van der Waals surface area contributed by atoms with Crippen LogP contribution in [0.15, 0.2) is 29.9 Å². The lowest BCUT2D eigenvalue weighted by Gasteiger charge is -2.42. The Morgan fingerprint density at radius 1 is 0.793 bits per heavy atom. The van der Waals surface area contributed by atoms with Crippen molar-refractivity contribution in [1.82, 2.24) is 4.90 Å². The normalized spacial score (nSPS) is 32.8. The van der Waals surface area contributed by atoms with Gasteiger partial charge in [0.25, 0.3) is 0 Å². The molecular formula is C28H39N. The molecule has 0 heterocycles. The van der Waals surface area contributed by atoms with Crippen LogP contribution >= 0.6 is 0 Å². The fourth-order valence-electron chi connectivity index (χ4n) is 6.93. The van der Waals surface area contributed by atoms with E-state index >= 15 is 0 Å². The van der Waals surface area contributed by atoms with Gasteiger partial charge in [-0.2, -0.15) is 0 Å². The minimum Gasteiger partial charge on any atom is -0.306 e. The van der Waals surface area contributed by atoms with Gasteiger partial charge in [0.15, 0.2) is 0 Å². The highest BCUT2D eigenvalue weighted by molar-refractivity contribution is 5.91. The van der Waals surface area contributed by atoms with Crippen molar-refractivity contribution in [1.29, 1.82) is 0 Å². The van der Waals surface area contributed by atoms with Crippen molar-refractivity contribution in [2.24, 2.45) is 11.8 Å². The molecule has 1 fully saturated rings. The van der Waals surface area contributed by atoms with E-state index in [1.807, 2.05) is 0 Å². The largest absolute Gasteiger partial charge is 0.306 e. The summed E-state index contributed by atoms with van der Waals surface area (Å²) in [5.74, 6) is 1.39. The lowest BCUT2D eigenvalue weighted by atomic mass is 9.62. The Morgan fingerprint density at radius 3 is 2.03 bits per heavy atom. The molecule has 3 unspecified atom stereocenters. The van der Waals surface area contributed by atoms with Crippen LogP contribution in [-0.4, -0.2) is 25.0 Å². The lowest BCUT2D eigenvalue weighted by Crippen LogP contribution is -2.34. The molecule has 0 radical (unpaired) electrons. The molecule has 0 bridgehead atoms. The number of allylic oxidation sites excluding steroid dienone is 3. The highest BCUT2D eigenvalue weighted by atomic mass is 15.1. The summed E-state index contributed by atoms with van der Waals surface area (Å²) < 4.78 is 0. The highest BCUT2D eigenvalue weighted by Crippen LogP contribution is 2.58. The van der Waals surface area contributed by atoms with Gasteiger partial charge in [0.05, 0.1) is 0 Å². The maximum absolute atomic E-state index is 2.69. The molecule has 1 heteroatoms. The maximum atomic E-state index is 2.69. The first-order valence-corrected chi connectivity index (χ1v) is 11.7. The monoisotopic (exact) mass is 389 g/mol. The Hall–Kier alpha value is -1.34. The maximum Gasteiger partial charge on any atom is 0.0158 e. The van der Waals surface area contributed by atoms with Crippen LogP contribution in [0.1, 0.15) is 89.5 Å². The standard InChI is InChI=1S/C28H39N/c1-26(2)11-12-27(3,4)24-16-22-20(15-23(24)26)19-13-17-9-10-25(29(7)8)18(17)14-21(19)28(22,5)6/h13-18,25H,9-12H2,1-8H3. The first kappa shape index (κ1) is 19.6. The highest BCUT2D eigenvalue weighted by Gasteiger charge is 2.47.